The van der Waals surface area contributed by atoms with Crippen LogP contribution >= 0.6 is 23.3 Å². The number of aromatic nitrogens is 2. The third-order valence-corrected chi connectivity index (χ3v) is 4.43. The van der Waals surface area contributed by atoms with Crippen LogP contribution < -0.4 is 5.32 Å². The maximum absolute atomic E-state index is 4.14. The molecule has 0 aromatic carbocycles. The Morgan fingerprint density at radius 3 is 2.79 bits per heavy atom. The van der Waals surface area contributed by atoms with Gasteiger partial charge >= 0.3 is 0 Å². The summed E-state index contributed by atoms with van der Waals surface area (Å²) in [5.74, 6) is 0. The highest BCUT2D eigenvalue weighted by Gasteiger charge is 2.20. The minimum absolute atomic E-state index is 0.617. The Hall–Kier alpha value is -0.290. The van der Waals surface area contributed by atoms with Crippen LogP contribution in [0.15, 0.2) is 6.33 Å². The predicted molar refractivity (Wildman–Crippen MR) is 63.1 cm³/mol. The molecule has 1 aliphatic rings. The Kier molecular flexibility index (Phi) is 3.64. The molecule has 5 heteroatoms. The summed E-state index contributed by atoms with van der Waals surface area (Å²) in [4.78, 5) is 4.14. The zero-order valence-electron chi connectivity index (χ0n) is 8.27. The van der Waals surface area contributed by atoms with Gasteiger partial charge in [-0.25, -0.2) is 4.98 Å². The van der Waals surface area contributed by atoms with Crippen LogP contribution in [0.5, 0.6) is 0 Å². The number of hydrogen-bond donors (Lipinski definition) is 1. The van der Waals surface area contributed by atoms with Crippen molar-refractivity contribution in [3.05, 3.63) is 6.33 Å². The molecule has 1 heterocycles. The summed E-state index contributed by atoms with van der Waals surface area (Å²) >= 11 is 3.45. The third kappa shape index (κ3) is 2.60. The van der Waals surface area contributed by atoms with Crippen LogP contribution in [0.25, 0.3) is 0 Å². The smallest absolute Gasteiger partial charge is 0.202 e. The summed E-state index contributed by atoms with van der Waals surface area (Å²) in [5.41, 5.74) is 0. The fraction of sp³-hybridized carbons (Fsp3) is 0.778. The first-order valence-corrected chi connectivity index (χ1v) is 7.00. The lowest BCUT2D eigenvalue weighted by Gasteiger charge is -2.27. The molecule has 78 valence electrons. The van der Waals surface area contributed by atoms with Gasteiger partial charge in [0.15, 0.2) is 0 Å². The molecule has 0 spiro atoms. The minimum atomic E-state index is 0.617. The lowest BCUT2D eigenvalue weighted by atomic mass is 9.95. The average molecular weight is 229 g/mol. The van der Waals surface area contributed by atoms with Gasteiger partial charge in [-0.15, -0.1) is 0 Å². The molecule has 0 bridgehead atoms. The molecule has 14 heavy (non-hydrogen) atoms. The molecule has 2 rings (SSSR count). The Balaban J connectivity index is 1.79. The van der Waals surface area contributed by atoms with E-state index in [1.807, 2.05) is 11.8 Å². The number of thioether (sulfide) groups is 1. The van der Waals surface area contributed by atoms with Gasteiger partial charge in [-0.1, -0.05) is 0 Å². The minimum Gasteiger partial charge on any atom is -0.358 e. The van der Waals surface area contributed by atoms with E-state index in [0.717, 1.165) is 10.4 Å². The van der Waals surface area contributed by atoms with Crippen molar-refractivity contribution in [2.45, 2.75) is 37.0 Å². The van der Waals surface area contributed by atoms with Crippen molar-refractivity contribution in [3.8, 4) is 0 Å². The van der Waals surface area contributed by atoms with Crippen molar-refractivity contribution in [2.75, 3.05) is 11.6 Å². The normalized spacial score (nSPS) is 27.5. The largest absolute Gasteiger partial charge is 0.358 e. The summed E-state index contributed by atoms with van der Waals surface area (Å²) in [6.07, 6.45) is 9.02. The molecule has 0 atom stereocenters. The summed E-state index contributed by atoms with van der Waals surface area (Å²) in [6, 6.07) is 0.617. The molecule has 3 nitrogen and oxygen atoms in total. The zero-order chi connectivity index (χ0) is 9.80. The van der Waals surface area contributed by atoms with Crippen LogP contribution in [0.4, 0.5) is 5.13 Å². The van der Waals surface area contributed by atoms with Crippen LogP contribution in [0.2, 0.25) is 0 Å². The van der Waals surface area contributed by atoms with Gasteiger partial charge in [0.1, 0.15) is 6.33 Å². The highest BCUT2D eigenvalue weighted by atomic mass is 32.2. The molecule has 0 saturated heterocycles. The van der Waals surface area contributed by atoms with Gasteiger partial charge in [0, 0.05) is 22.8 Å². The third-order valence-electron chi connectivity index (χ3n) is 2.70. The summed E-state index contributed by atoms with van der Waals surface area (Å²) in [5, 5.41) is 5.29. The van der Waals surface area contributed by atoms with E-state index in [9.17, 15) is 0 Å². The second kappa shape index (κ2) is 4.98. The second-order valence-corrected chi connectivity index (χ2v) is 5.52. The van der Waals surface area contributed by atoms with E-state index in [-0.39, 0.29) is 0 Å². The number of rotatable bonds is 3. The van der Waals surface area contributed by atoms with Gasteiger partial charge in [0.2, 0.25) is 5.13 Å². The molecule has 1 aliphatic carbocycles. The lowest BCUT2D eigenvalue weighted by Crippen LogP contribution is -2.26. The fourth-order valence-electron chi connectivity index (χ4n) is 1.85. The number of nitrogens with one attached hydrogen (secondary N) is 1. The van der Waals surface area contributed by atoms with E-state index in [1.165, 1.54) is 37.2 Å². The van der Waals surface area contributed by atoms with Crippen molar-refractivity contribution in [1.29, 1.82) is 0 Å². The standard InChI is InChI=1S/C9H15N3S2/c1-13-8-4-2-7(3-5-8)12-9-10-6-11-14-9/h6-8H,2-5H2,1H3,(H,10,11,12). The quantitative estimate of drug-likeness (QED) is 0.864. The van der Waals surface area contributed by atoms with Gasteiger partial charge in [-0.2, -0.15) is 16.1 Å². The Labute approximate surface area is 92.9 Å². The van der Waals surface area contributed by atoms with Crippen molar-refractivity contribution < 1.29 is 0 Å². The molecular weight excluding hydrogens is 214 g/mol. The number of nitrogens with zero attached hydrogens (tertiary/aromatic N) is 2. The summed E-state index contributed by atoms with van der Waals surface area (Å²) in [6.45, 7) is 0. The number of hydrogen-bond acceptors (Lipinski definition) is 5. The van der Waals surface area contributed by atoms with Gasteiger partial charge < -0.3 is 5.32 Å². The summed E-state index contributed by atoms with van der Waals surface area (Å²) in [7, 11) is 0. The molecule has 1 aromatic rings. The molecule has 0 aliphatic heterocycles. The maximum atomic E-state index is 4.14. The van der Waals surface area contributed by atoms with Crippen LogP contribution in [-0.2, 0) is 0 Å². The van der Waals surface area contributed by atoms with Crippen molar-refractivity contribution in [1.82, 2.24) is 9.36 Å². The molecule has 1 fully saturated rings. The predicted octanol–water partition coefficient (Wildman–Crippen LogP) is 2.62. The fourth-order valence-corrected chi connectivity index (χ4v) is 3.11. The van der Waals surface area contributed by atoms with Crippen molar-refractivity contribution >= 4 is 28.4 Å². The first kappa shape index (κ1) is 10.2. The highest BCUT2D eigenvalue weighted by Crippen LogP contribution is 2.28. The van der Waals surface area contributed by atoms with Gasteiger partial charge in [0.25, 0.3) is 0 Å². The van der Waals surface area contributed by atoms with E-state index < -0.39 is 0 Å². The molecule has 0 unspecified atom stereocenters. The molecule has 0 radical (unpaired) electrons. The van der Waals surface area contributed by atoms with Crippen LogP contribution in [0, 0.1) is 0 Å². The molecular formula is C9H15N3S2. The highest BCUT2D eigenvalue weighted by molar-refractivity contribution is 7.99. The van der Waals surface area contributed by atoms with Gasteiger partial charge in [-0.3, -0.25) is 0 Å². The van der Waals surface area contributed by atoms with Crippen molar-refractivity contribution in [3.63, 3.8) is 0 Å². The van der Waals surface area contributed by atoms with Crippen LogP contribution in [-0.4, -0.2) is 26.9 Å². The molecule has 1 saturated carbocycles. The van der Waals surface area contributed by atoms with E-state index in [2.05, 4.69) is 20.9 Å². The summed E-state index contributed by atoms with van der Waals surface area (Å²) < 4.78 is 3.98. The first-order valence-electron chi connectivity index (χ1n) is 4.94. The average Bonchev–Trinajstić information content (AvgIpc) is 2.72. The lowest BCUT2D eigenvalue weighted by molar-refractivity contribution is 0.473. The Morgan fingerprint density at radius 2 is 2.21 bits per heavy atom. The number of anilines is 1. The van der Waals surface area contributed by atoms with E-state index >= 15 is 0 Å². The Morgan fingerprint density at radius 1 is 1.43 bits per heavy atom. The van der Waals surface area contributed by atoms with Gasteiger partial charge in [-0.05, 0) is 31.9 Å². The van der Waals surface area contributed by atoms with E-state index in [4.69, 9.17) is 0 Å². The first-order chi connectivity index (χ1) is 6.88. The Bertz CT molecular complexity index is 255. The SMILES string of the molecule is CSC1CCC(Nc2ncns2)CC1. The van der Waals surface area contributed by atoms with E-state index in [0.29, 0.717) is 6.04 Å². The van der Waals surface area contributed by atoms with Crippen LogP contribution in [0.3, 0.4) is 0 Å². The van der Waals surface area contributed by atoms with E-state index in [1.54, 1.807) is 6.33 Å². The second-order valence-electron chi connectivity index (χ2n) is 3.60. The zero-order valence-corrected chi connectivity index (χ0v) is 9.90. The molecule has 1 N–H and O–H groups in total. The maximum Gasteiger partial charge on any atom is 0.202 e. The van der Waals surface area contributed by atoms with Crippen LogP contribution in [0.1, 0.15) is 25.7 Å². The molecule has 0 amide bonds. The topological polar surface area (TPSA) is 37.8 Å². The monoisotopic (exact) mass is 229 g/mol. The van der Waals surface area contributed by atoms with Crippen molar-refractivity contribution in [2.24, 2.45) is 0 Å². The molecule has 1 aromatic heterocycles. The van der Waals surface area contributed by atoms with Gasteiger partial charge in [0.05, 0.1) is 0 Å².